The average Bonchev–Trinajstić information content (AvgIpc) is 4.04. The van der Waals surface area contributed by atoms with Crippen LogP contribution in [0.15, 0.2) is 180 Å². The molecule has 0 saturated heterocycles. The molecule has 6 nitrogen and oxygen atoms in total. The van der Waals surface area contributed by atoms with Crippen molar-refractivity contribution in [2.24, 2.45) is 0 Å². The topological polar surface area (TPSA) is 61.7 Å². The second-order valence-electron chi connectivity index (χ2n) is 15.6. The molecule has 0 aliphatic carbocycles. The minimum Gasteiger partial charge on any atom is -0.455 e. The maximum atomic E-state index is 6.70. The van der Waals surface area contributed by atoms with Crippen molar-refractivity contribution in [1.82, 2.24) is 24.1 Å². The Balaban J connectivity index is 1.16. The van der Waals surface area contributed by atoms with Gasteiger partial charge in [-0.3, -0.25) is 9.13 Å². The van der Waals surface area contributed by atoms with Gasteiger partial charge >= 0.3 is 0 Å². The first-order valence-corrected chi connectivity index (χ1v) is 20.9. The van der Waals surface area contributed by atoms with Crippen LogP contribution in [-0.2, 0) is 0 Å². The Morgan fingerprint density at radius 2 is 0.900 bits per heavy atom. The molecule has 0 N–H and O–H groups in total. The van der Waals surface area contributed by atoms with E-state index < -0.39 is 0 Å². The predicted octanol–water partition coefficient (Wildman–Crippen LogP) is 14.3. The molecule has 5 aromatic heterocycles. The van der Waals surface area contributed by atoms with E-state index in [1.54, 1.807) is 11.3 Å². The Labute approximate surface area is 344 Å². The summed E-state index contributed by atoms with van der Waals surface area (Å²) in [4.78, 5) is 16.6. The van der Waals surface area contributed by atoms with E-state index >= 15 is 0 Å². The van der Waals surface area contributed by atoms with Gasteiger partial charge in [-0.15, -0.1) is 11.3 Å². The van der Waals surface area contributed by atoms with Crippen LogP contribution in [0.3, 0.4) is 0 Å². The van der Waals surface area contributed by atoms with Crippen molar-refractivity contribution >= 4 is 119 Å². The summed E-state index contributed by atoms with van der Waals surface area (Å²) < 4.78 is 13.4. The molecule has 60 heavy (non-hydrogen) atoms. The van der Waals surface area contributed by atoms with Crippen molar-refractivity contribution in [2.75, 3.05) is 0 Å². The van der Waals surface area contributed by atoms with E-state index in [1.807, 2.05) is 12.1 Å². The third kappa shape index (κ3) is 4.38. The number of fused-ring (bicyclic) bond motifs is 15. The highest BCUT2D eigenvalue weighted by molar-refractivity contribution is 7.26. The Kier molecular flexibility index (Phi) is 6.35. The summed E-state index contributed by atoms with van der Waals surface area (Å²) >= 11 is 1.75. The van der Waals surface area contributed by atoms with Gasteiger partial charge < -0.3 is 4.42 Å². The molecule has 0 radical (unpaired) electrons. The zero-order valence-corrected chi connectivity index (χ0v) is 32.6. The van der Waals surface area contributed by atoms with Gasteiger partial charge in [-0.1, -0.05) is 121 Å². The monoisotopic (exact) mass is 783 g/mol. The van der Waals surface area contributed by atoms with Gasteiger partial charge in [0.2, 0.25) is 11.9 Å². The Hall–Kier alpha value is -7.87. The number of rotatable bonds is 3. The van der Waals surface area contributed by atoms with E-state index in [-0.39, 0.29) is 0 Å². The minimum absolute atomic E-state index is 0.551. The Morgan fingerprint density at radius 1 is 0.400 bits per heavy atom. The van der Waals surface area contributed by atoms with Crippen LogP contribution in [0.25, 0.3) is 131 Å². The lowest BCUT2D eigenvalue weighted by Crippen LogP contribution is -2.10. The molecule has 0 aliphatic heterocycles. The van der Waals surface area contributed by atoms with E-state index in [9.17, 15) is 0 Å². The van der Waals surface area contributed by atoms with Crippen LogP contribution in [0.1, 0.15) is 0 Å². The molecule has 0 fully saturated rings. The molecule has 14 aromatic rings. The van der Waals surface area contributed by atoms with Crippen molar-refractivity contribution in [3.63, 3.8) is 0 Å². The molecule has 0 amide bonds. The van der Waals surface area contributed by atoms with Gasteiger partial charge in [-0.2, -0.15) is 15.0 Å². The first-order valence-electron chi connectivity index (χ1n) is 20.1. The van der Waals surface area contributed by atoms with Crippen LogP contribution >= 0.6 is 11.3 Å². The molecule has 0 unspecified atom stereocenters. The lowest BCUT2D eigenvalue weighted by atomic mass is 10.0. The summed E-state index contributed by atoms with van der Waals surface area (Å²) in [7, 11) is 0. The van der Waals surface area contributed by atoms with E-state index in [4.69, 9.17) is 19.4 Å². The van der Waals surface area contributed by atoms with Crippen molar-refractivity contribution in [1.29, 1.82) is 0 Å². The second-order valence-corrected chi connectivity index (χ2v) is 16.7. The molecule has 0 spiro atoms. The highest BCUT2D eigenvalue weighted by atomic mass is 32.1. The van der Waals surface area contributed by atoms with E-state index in [0.29, 0.717) is 17.7 Å². The standard InChI is InChI=1S/C53H29N5OS/c1-3-15-32-27-44-38(25-30(32)13-1)34-17-5-9-21-42(34)57(44)52-54-51(41-29-40-36-19-7-11-23-46(36)59-49(40)48-37-20-8-12-24-47(37)60-50(41)48)55-53(56-52)58-43-22-10-6-18-35(43)39-26-31-14-2-4-16-33(31)28-45(39)58/h1-29H. The number of hydrogen-bond acceptors (Lipinski definition) is 5. The van der Waals surface area contributed by atoms with Crippen LogP contribution in [0.4, 0.5) is 0 Å². The van der Waals surface area contributed by atoms with Crippen LogP contribution in [0.2, 0.25) is 0 Å². The summed E-state index contributed by atoms with van der Waals surface area (Å²) in [6.07, 6.45) is 0. The number of thiophene rings is 1. The number of hydrogen-bond donors (Lipinski definition) is 0. The lowest BCUT2D eigenvalue weighted by molar-refractivity contribution is 0.673. The largest absolute Gasteiger partial charge is 0.455 e. The summed E-state index contributed by atoms with van der Waals surface area (Å²) in [5, 5.41) is 13.6. The first kappa shape index (κ1) is 32.1. The highest BCUT2D eigenvalue weighted by Gasteiger charge is 2.25. The first-order chi connectivity index (χ1) is 29.7. The fourth-order valence-electron chi connectivity index (χ4n) is 9.65. The van der Waals surface area contributed by atoms with Crippen molar-refractivity contribution in [3.05, 3.63) is 176 Å². The maximum absolute atomic E-state index is 6.70. The number of para-hydroxylation sites is 3. The van der Waals surface area contributed by atoms with Crippen LogP contribution in [0.5, 0.6) is 0 Å². The van der Waals surface area contributed by atoms with Crippen LogP contribution in [0, 0.1) is 0 Å². The molecule has 0 atom stereocenters. The van der Waals surface area contributed by atoms with Gasteiger partial charge in [0.1, 0.15) is 11.2 Å². The summed E-state index contributed by atoms with van der Waals surface area (Å²) in [5.74, 6) is 1.70. The van der Waals surface area contributed by atoms with Gasteiger partial charge in [-0.25, -0.2) is 0 Å². The molecule has 0 aliphatic rings. The third-order valence-electron chi connectivity index (χ3n) is 12.3. The summed E-state index contributed by atoms with van der Waals surface area (Å²) in [5.41, 5.74) is 6.81. The molecule has 14 rings (SSSR count). The summed E-state index contributed by atoms with van der Waals surface area (Å²) in [6, 6.07) is 62.5. The SMILES string of the molecule is c1ccc2cc3c(cc2c1)c1ccccc1n3-c1nc(-c2cc3c4ccccc4oc3c3c2sc2ccccc23)nc(-n2c3ccccc3c3cc4ccccc4cc32)n1. The van der Waals surface area contributed by atoms with Crippen LogP contribution < -0.4 is 0 Å². The second kappa shape index (κ2) is 11.9. The number of nitrogens with zero attached hydrogens (tertiary/aromatic N) is 5. The van der Waals surface area contributed by atoms with Gasteiger partial charge in [0.25, 0.3) is 0 Å². The third-order valence-corrected chi connectivity index (χ3v) is 13.5. The van der Waals surface area contributed by atoms with Crippen molar-refractivity contribution < 1.29 is 4.42 Å². The van der Waals surface area contributed by atoms with E-state index in [2.05, 4.69) is 173 Å². The quantitative estimate of drug-likeness (QED) is 0.179. The van der Waals surface area contributed by atoms with Gasteiger partial charge in [-0.05, 0) is 76.1 Å². The molecule has 5 heterocycles. The number of furan rings is 1. The number of benzene rings is 9. The normalized spacial score (nSPS) is 12.3. The van der Waals surface area contributed by atoms with Crippen molar-refractivity contribution in [3.8, 4) is 23.3 Å². The molecule has 278 valence electrons. The summed E-state index contributed by atoms with van der Waals surface area (Å²) in [6.45, 7) is 0. The predicted molar refractivity (Wildman–Crippen MR) is 249 cm³/mol. The number of aromatic nitrogens is 5. The zero-order valence-electron chi connectivity index (χ0n) is 31.8. The Bertz CT molecular complexity index is 3980. The van der Waals surface area contributed by atoms with E-state index in [0.717, 1.165) is 97.4 Å². The minimum atomic E-state index is 0.551. The molecule has 0 bridgehead atoms. The molecular formula is C53H29N5OS. The van der Waals surface area contributed by atoms with Gasteiger partial charge in [0.05, 0.1) is 26.8 Å². The smallest absolute Gasteiger partial charge is 0.240 e. The fraction of sp³-hybridized carbons (Fsp3) is 0. The average molecular weight is 784 g/mol. The lowest BCUT2D eigenvalue weighted by Gasteiger charge is -2.13. The molecule has 7 heteroatoms. The molecule has 9 aromatic carbocycles. The van der Waals surface area contributed by atoms with Gasteiger partial charge in [0.15, 0.2) is 5.82 Å². The fourth-order valence-corrected chi connectivity index (χ4v) is 10.9. The highest BCUT2D eigenvalue weighted by Crippen LogP contribution is 2.47. The Morgan fingerprint density at radius 3 is 1.52 bits per heavy atom. The zero-order chi connectivity index (χ0) is 39.1. The van der Waals surface area contributed by atoms with Crippen LogP contribution in [-0.4, -0.2) is 24.1 Å². The van der Waals surface area contributed by atoms with E-state index in [1.165, 1.54) is 15.5 Å². The molecular weight excluding hydrogens is 755 g/mol. The molecule has 0 saturated carbocycles. The van der Waals surface area contributed by atoms with Gasteiger partial charge in [0, 0.05) is 53.4 Å². The van der Waals surface area contributed by atoms with Crippen molar-refractivity contribution in [2.45, 2.75) is 0 Å². The maximum Gasteiger partial charge on any atom is 0.240 e.